The quantitative estimate of drug-likeness (QED) is 0.758. The number of nitrogens with zero attached hydrogens (tertiary/aromatic N) is 2. The van der Waals surface area contributed by atoms with Crippen molar-refractivity contribution in [3.8, 4) is 22.6 Å². The Morgan fingerprint density at radius 2 is 1.86 bits per heavy atom. The Bertz CT molecular complexity index is 805. The second-order valence-electron chi connectivity index (χ2n) is 4.49. The van der Waals surface area contributed by atoms with Crippen molar-refractivity contribution in [2.75, 3.05) is 5.73 Å². The van der Waals surface area contributed by atoms with Gasteiger partial charge < -0.3 is 10.2 Å². The van der Waals surface area contributed by atoms with Gasteiger partial charge in [-0.25, -0.2) is 8.78 Å². The Morgan fingerprint density at radius 1 is 1.19 bits per heavy atom. The van der Waals surface area contributed by atoms with Gasteiger partial charge in [-0.1, -0.05) is 0 Å². The highest BCUT2D eigenvalue weighted by Gasteiger charge is 2.20. The molecule has 108 valence electrons. The van der Waals surface area contributed by atoms with Gasteiger partial charge in [-0.15, -0.1) is 0 Å². The summed E-state index contributed by atoms with van der Waals surface area (Å²) in [6.45, 7) is 0. The average molecular weight is 354 g/mol. The summed E-state index contributed by atoms with van der Waals surface area (Å²) in [5.41, 5.74) is 7.14. The van der Waals surface area contributed by atoms with Crippen LogP contribution in [0.15, 0.2) is 39.4 Å². The number of furan rings is 1. The van der Waals surface area contributed by atoms with Gasteiger partial charge in [0.25, 0.3) is 0 Å². The van der Waals surface area contributed by atoms with Crippen LogP contribution in [-0.2, 0) is 7.05 Å². The smallest absolute Gasteiger partial charge is 0.169 e. The summed E-state index contributed by atoms with van der Waals surface area (Å²) in [6, 6.07) is 6.62. The molecule has 0 amide bonds. The number of nitrogen functional groups attached to an aromatic ring is 1. The van der Waals surface area contributed by atoms with E-state index >= 15 is 0 Å². The monoisotopic (exact) mass is 353 g/mol. The van der Waals surface area contributed by atoms with Gasteiger partial charge >= 0.3 is 0 Å². The van der Waals surface area contributed by atoms with E-state index in [1.807, 2.05) is 0 Å². The molecule has 0 aliphatic rings. The van der Waals surface area contributed by atoms with Crippen molar-refractivity contribution < 1.29 is 13.2 Å². The van der Waals surface area contributed by atoms with E-state index in [9.17, 15) is 8.78 Å². The standard InChI is InChI=1S/C14H10BrF2N3O/c1-20-14(18)12(7-4-8(16)6-9(17)5-7)13(19-20)10-2-3-11(15)21-10/h2-6H,18H2,1H3. The molecule has 3 rings (SSSR count). The highest BCUT2D eigenvalue weighted by atomic mass is 79.9. The molecule has 2 aromatic heterocycles. The summed E-state index contributed by atoms with van der Waals surface area (Å²) in [7, 11) is 1.65. The minimum absolute atomic E-state index is 0.294. The van der Waals surface area contributed by atoms with Crippen molar-refractivity contribution in [2.24, 2.45) is 7.05 Å². The van der Waals surface area contributed by atoms with Crippen LogP contribution in [0.4, 0.5) is 14.6 Å². The molecular formula is C14H10BrF2N3O. The first-order chi connectivity index (χ1) is 9.95. The average Bonchev–Trinajstić information content (AvgIpc) is 2.94. The molecule has 21 heavy (non-hydrogen) atoms. The van der Waals surface area contributed by atoms with Crippen molar-refractivity contribution in [1.82, 2.24) is 9.78 Å². The van der Waals surface area contributed by atoms with Gasteiger partial charge in [-0.2, -0.15) is 5.10 Å². The molecule has 0 bridgehead atoms. The second kappa shape index (κ2) is 5.00. The van der Waals surface area contributed by atoms with Crippen molar-refractivity contribution in [3.63, 3.8) is 0 Å². The van der Waals surface area contributed by atoms with Gasteiger partial charge in [0.2, 0.25) is 0 Å². The van der Waals surface area contributed by atoms with Gasteiger partial charge in [-0.05, 0) is 45.8 Å². The molecule has 1 aromatic carbocycles. The SMILES string of the molecule is Cn1nc(-c2ccc(Br)o2)c(-c2cc(F)cc(F)c2)c1N. The number of aromatic nitrogens is 2. The highest BCUT2D eigenvalue weighted by molar-refractivity contribution is 9.10. The molecule has 0 radical (unpaired) electrons. The third kappa shape index (κ3) is 2.44. The molecule has 0 fully saturated rings. The van der Waals surface area contributed by atoms with E-state index in [4.69, 9.17) is 10.2 Å². The number of hydrogen-bond acceptors (Lipinski definition) is 3. The van der Waals surface area contributed by atoms with Crippen LogP contribution in [0, 0.1) is 11.6 Å². The lowest BCUT2D eigenvalue weighted by molar-refractivity contribution is 0.552. The van der Waals surface area contributed by atoms with E-state index in [-0.39, 0.29) is 0 Å². The topological polar surface area (TPSA) is 57.0 Å². The lowest BCUT2D eigenvalue weighted by Gasteiger charge is -2.04. The zero-order chi connectivity index (χ0) is 15.1. The minimum atomic E-state index is -0.681. The Morgan fingerprint density at radius 3 is 2.43 bits per heavy atom. The van der Waals surface area contributed by atoms with Gasteiger partial charge in [0.05, 0.1) is 5.56 Å². The van der Waals surface area contributed by atoms with Crippen LogP contribution in [0.5, 0.6) is 0 Å². The number of nitrogens with two attached hydrogens (primary N) is 1. The summed E-state index contributed by atoms with van der Waals surface area (Å²) in [4.78, 5) is 0. The molecular weight excluding hydrogens is 344 g/mol. The van der Waals surface area contributed by atoms with E-state index in [1.54, 1.807) is 19.2 Å². The first-order valence-electron chi connectivity index (χ1n) is 6.00. The minimum Gasteiger partial charge on any atom is -0.448 e. The zero-order valence-electron chi connectivity index (χ0n) is 10.9. The van der Waals surface area contributed by atoms with Crippen molar-refractivity contribution >= 4 is 21.7 Å². The van der Waals surface area contributed by atoms with E-state index < -0.39 is 11.6 Å². The van der Waals surface area contributed by atoms with E-state index in [0.717, 1.165) is 6.07 Å². The van der Waals surface area contributed by atoms with Crippen LogP contribution in [0.25, 0.3) is 22.6 Å². The molecule has 0 atom stereocenters. The predicted octanol–water partition coefficient (Wildman–Crippen LogP) is 3.97. The Hall–Kier alpha value is -2.15. The first-order valence-corrected chi connectivity index (χ1v) is 6.79. The molecule has 0 aliphatic heterocycles. The van der Waals surface area contributed by atoms with E-state index in [2.05, 4.69) is 21.0 Å². The largest absolute Gasteiger partial charge is 0.448 e. The summed E-state index contributed by atoms with van der Waals surface area (Å²) in [5.74, 6) is -0.615. The number of anilines is 1. The molecule has 0 unspecified atom stereocenters. The lowest BCUT2D eigenvalue weighted by atomic mass is 10.0. The second-order valence-corrected chi connectivity index (χ2v) is 5.28. The van der Waals surface area contributed by atoms with E-state index in [1.165, 1.54) is 16.8 Å². The number of hydrogen-bond donors (Lipinski definition) is 1. The van der Waals surface area contributed by atoms with Crippen LogP contribution < -0.4 is 5.73 Å². The Balaban J connectivity index is 2.26. The highest BCUT2D eigenvalue weighted by Crippen LogP contribution is 2.37. The maximum atomic E-state index is 13.5. The van der Waals surface area contributed by atoms with Crippen molar-refractivity contribution in [3.05, 3.63) is 46.6 Å². The zero-order valence-corrected chi connectivity index (χ0v) is 12.5. The third-order valence-electron chi connectivity index (χ3n) is 3.05. The number of halogens is 3. The number of aryl methyl sites for hydroxylation is 1. The maximum absolute atomic E-state index is 13.5. The third-order valence-corrected chi connectivity index (χ3v) is 3.48. The van der Waals surface area contributed by atoms with Crippen LogP contribution in [-0.4, -0.2) is 9.78 Å². The summed E-state index contributed by atoms with van der Waals surface area (Å²) in [6.07, 6.45) is 0. The molecule has 3 aromatic rings. The van der Waals surface area contributed by atoms with Gasteiger partial charge in [-0.3, -0.25) is 4.68 Å². The fourth-order valence-corrected chi connectivity index (χ4v) is 2.44. The fourth-order valence-electron chi connectivity index (χ4n) is 2.13. The van der Waals surface area contributed by atoms with E-state index in [0.29, 0.717) is 33.1 Å². The van der Waals surface area contributed by atoms with Crippen LogP contribution in [0.1, 0.15) is 0 Å². The summed E-state index contributed by atoms with van der Waals surface area (Å²) >= 11 is 3.21. The normalized spacial score (nSPS) is 11.0. The van der Waals surface area contributed by atoms with Gasteiger partial charge in [0, 0.05) is 13.1 Å². The fraction of sp³-hybridized carbons (Fsp3) is 0.0714. The molecule has 0 saturated carbocycles. The molecule has 7 heteroatoms. The first kappa shape index (κ1) is 13.8. The van der Waals surface area contributed by atoms with Crippen LogP contribution >= 0.6 is 15.9 Å². The molecule has 0 spiro atoms. The lowest BCUT2D eigenvalue weighted by Crippen LogP contribution is -1.98. The van der Waals surface area contributed by atoms with Crippen LogP contribution in [0.3, 0.4) is 0 Å². The molecule has 0 aliphatic carbocycles. The molecule has 4 nitrogen and oxygen atoms in total. The number of rotatable bonds is 2. The van der Waals surface area contributed by atoms with Crippen molar-refractivity contribution in [1.29, 1.82) is 0 Å². The molecule has 2 heterocycles. The summed E-state index contributed by atoms with van der Waals surface area (Å²) in [5, 5.41) is 4.26. The predicted molar refractivity (Wildman–Crippen MR) is 78.4 cm³/mol. The number of benzene rings is 1. The van der Waals surface area contributed by atoms with Crippen LogP contribution in [0.2, 0.25) is 0 Å². The maximum Gasteiger partial charge on any atom is 0.169 e. The van der Waals surface area contributed by atoms with Gasteiger partial charge in [0.1, 0.15) is 23.1 Å². The Labute approximate surface area is 127 Å². The summed E-state index contributed by atoms with van der Waals surface area (Å²) < 4.78 is 34.3. The van der Waals surface area contributed by atoms with Crippen molar-refractivity contribution in [2.45, 2.75) is 0 Å². The Kier molecular flexibility index (Phi) is 3.29. The molecule has 2 N–H and O–H groups in total. The van der Waals surface area contributed by atoms with Gasteiger partial charge in [0.15, 0.2) is 10.4 Å². The molecule has 0 saturated heterocycles.